The molecule has 2 aliphatic rings. The van der Waals surface area contributed by atoms with Crippen LogP contribution in [0.15, 0.2) is 22.8 Å². The highest BCUT2D eigenvalue weighted by Gasteiger charge is 2.35. The molecule has 4 heteroatoms. The van der Waals surface area contributed by atoms with Crippen LogP contribution >= 0.6 is 0 Å². The van der Waals surface area contributed by atoms with E-state index in [4.69, 9.17) is 9.15 Å². The third-order valence-corrected chi connectivity index (χ3v) is 3.84. The molecule has 3 rings (SSSR count). The maximum Gasteiger partial charge on any atom is 0.106 e. The smallest absolute Gasteiger partial charge is 0.106 e. The predicted octanol–water partition coefficient (Wildman–Crippen LogP) is 1.05. The molecule has 1 aromatic heterocycles. The Bertz CT molecular complexity index is 352. The molecule has 2 aliphatic heterocycles. The first-order valence-electron chi connectivity index (χ1n) is 6.39. The summed E-state index contributed by atoms with van der Waals surface area (Å²) in [6.45, 7) is 2.77. The molecule has 0 radical (unpaired) electrons. The summed E-state index contributed by atoms with van der Waals surface area (Å²) in [7, 11) is 0. The topological polar surface area (TPSA) is 45.8 Å². The van der Waals surface area contributed by atoms with Crippen LogP contribution in [-0.2, 0) is 11.2 Å². The Balaban J connectivity index is 1.57. The highest BCUT2D eigenvalue weighted by Crippen LogP contribution is 2.24. The fourth-order valence-corrected chi connectivity index (χ4v) is 2.84. The van der Waals surface area contributed by atoms with E-state index in [2.05, 4.69) is 4.90 Å². The van der Waals surface area contributed by atoms with Crippen LogP contribution in [0.1, 0.15) is 18.6 Å². The number of rotatable bonds is 3. The maximum atomic E-state index is 10.2. The summed E-state index contributed by atoms with van der Waals surface area (Å²) in [5, 5.41) is 10.2. The van der Waals surface area contributed by atoms with E-state index in [0.717, 1.165) is 25.5 Å². The van der Waals surface area contributed by atoms with Crippen LogP contribution in [0.4, 0.5) is 0 Å². The van der Waals surface area contributed by atoms with E-state index in [1.54, 1.807) is 6.26 Å². The lowest BCUT2D eigenvalue weighted by Gasteiger charge is -2.37. The summed E-state index contributed by atoms with van der Waals surface area (Å²) in [5.41, 5.74) is 0. The van der Waals surface area contributed by atoms with E-state index in [0.29, 0.717) is 12.5 Å². The molecule has 2 saturated heterocycles. The number of morpholine rings is 1. The normalized spacial score (nSPS) is 31.4. The van der Waals surface area contributed by atoms with Gasteiger partial charge in [-0.25, -0.2) is 0 Å². The van der Waals surface area contributed by atoms with Crippen molar-refractivity contribution in [2.24, 2.45) is 0 Å². The molecule has 3 unspecified atom stereocenters. The number of furan rings is 1. The van der Waals surface area contributed by atoms with Gasteiger partial charge in [-0.2, -0.15) is 0 Å². The van der Waals surface area contributed by atoms with Crippen molar-refractivity contribution in [2.75, 3.05) is 19.7 Å². The van der Waals surface area contributed by atoms with Gasteiger partial charge in [0.1, 0.15) is 5.76 Å². The number of fused-ring (bicyclic) bond motifs is 1. The Kier molecular flexibility index (Phi) is 3.18. The van der Waals surface area contributed by atoms with Gasteiger partial charge in [0.2, 0.25) is 0 Å². The summed E-state index contributed by atoms with van der Waals surface area (Å²) < 4.78 is 11.0. The Hall–Kier alpha value is -0.840. The number of hydrogen-bond donors (Lipinski definition) is 1. The van der Waals surface area contributed by atoms with Crippen molar-refractivity contribution >= 4 is 0 Å². The Morgan fingerprint density at radius 2 is 2.47 bits per heavy atom. The lowest BCUT2D eigenvalue weighted by molar-refractivity contribution is -0.102. The molecule has 2 fully saturated rings. The third-order valence-electron chi connectivity index (χ3n) is 3.84. The van der Waals surface area contributed by atoms with E-state index < -0.39 is 6.10 Å². The van der Waals surface area contributed by atoms with Crippen LogP contribution in [0.3, 0.4) is 0 Å². The van der Waals surface area contributed by atoms with Crippen LogP contribution in [0.25, 0.3) is 0 Å². The second kappa shape index (κ2) is 4.80. The second-order valence-corrected chi connectivity index (χ2v) is 5.01. The molecular weight excluding hydrogens is 218 g/mol. The van der Waals surface area contributed by atoms with Gasteiger partial charge >= 0.3 is 0 Å². The minimum Gasteiger partial charge on any atom is -0.469 e. The largest absolute Gasteiger partial charge is 0.469 e. The van der Waals surface area contributed by atoms with Gasteiger partial charge in [0.25, 0.3) is 0 Å². The molecule has 1 N–H and O–H groups in total. The average molecular weight is 237 g/mol. The molecule has 0 amide bonds. The van der Waals surface area contributed by atoms with Crippen LogP contribution in [0.2, 0.25) is 0 Å². The van der Waals surface area contributed by atoms with Crippen LogP contribution < -0.4 is 0 Å². The first kappa shape index (κ1) is 11.3. The van der Waals surface area contributed by atoms with Crippen molar-refractivity contribution < 1.29 is 14.3 Å². The maximum absolute atomic E-state index is 10.2. The quantitative estimate of drug-likeness (QED) is 0.853. The zero-order valence-corrected chi connectivity index (χ0v) is 9.92. The van der Waals surface area contributed by atoms with Gasteiger partial charge in [-0.3, -0.25) is 4.90 Å². The monoisotopic (exact) mass is 237 g/mol. The summed E-state index contributed by atoms with van der Waals surface area (Å²) >= 11 is 0. The lowest BCUT2D eigenvalue weighted by Crippen LogP contribution is -2.50. The van der Waals surface area contributed by atoms with Crippen molar-refractivity contribution in [3.63, 3.8) is 0 Å². The van der Waals surface area contributed by atoms with Crippen molar-refractivity contribution in [3.05, 3.63) is 24.2 Å². The SMILES string of the molecule is OC(Cc1ccco1)C1CN2CCCC2CO1. The van der Waals surface area contributed by atoms with Crippen LogP contribution in [0, 0.1) is 0 Å². The van der Waals surface area contributed by atoms with Crippen molar-refractivity contribution in [3.8, 4) is 0 Å². The zero-order valence-electron chi connectivity index (χ0n) is 9.92. The molecule has 17 heavy (non-hydrogen) atoms. The lowest BCUT2D eigenvalue weighted by atomic mass is 10.1. The van der Waals surface area contributed by atoms with E-state index in [1.165, 1.54) is 12.8 Å². The molecular formula is C13H19NO3. The van der Waals surface area contributed by atoms with Crippen LogP contribution in [0.5, 0.6) is 0 Å². The van der Waals surface area contributed by atoms with Crippen LogP contribution in [-0.4, -0.2) is 48.0 Å². The number of aliphatic hydroxyl groups excluding tert-OH is 1. The molecule has 0 spiro atoms. The van der Waals surface area contributed by atoms with E-state index >= 15 is 0 Å². The van der Waals surface area contributed by atoms with Gasteiger partial charge in [-0.05, 0) is 31.5 Å². The fraction of sp³-hybridized carbons (Fsp3) is 0.692. The van der Waals surface area contributed by atoms with E-state index in [-0.39, 0.29) is 6.10 Å². The molecule has 3 atom stereocenters. The van der Waals surface area contributed by atoms with Gasteiger partial charge < -0.3 is 14.3 Å². The van der Waals surface area contributed by atoms with Crippen molar-refractivity contribution in [2.45, 2.75) is 37.5 Å². The second-order valence-electron chi connectivity index (χ2n) is 5.01. The summed E-state index contributed by atoms with van der Waals surface area (Å²) in [4.78, 5) is 2.44. The first-order chi connectivity index (χ1) is 8.33. The molecule has 94 valence electrons. The number of hydrogen-bond acceptors (Lipinski definition) is 4. The Morgan fingerprint density at radius 3 is 3.29 bits per heavy atom. The van der Waals surface area contributed by atoms with Crippen molar-refractivity contribution in [1.29, 1.82) is 0 Å². The first-order valence-corrected chi connectivity index (χ1v) is 6.39. The summed E-state index contributed by atoms with van der Waals surface area (Å²) in [5.74, 6) is 0.824. The van der Waals surface area contributed by atoms with E-state index in [9.17, 15) is 5.11 Å². The zero-order chi connectivity index (χ0) is 11.7. The van der Waals surface area contributed by atoms with Gasteiger partial charge in [0.05, 0.1) is 25.1 Å². The molecule has 1 aromatic rings. The highest BCUT2D eigenvalue weighted by atomic mass is 16.5. The highest BCUT2D eigenvalue weighted by molar-refractivity contribution is 5.01. The molecule has 0 aliphatic carbocycles. The predicted molar refractivity (Wildman–Crippen MR) is 62.8 cm³/mol. The molecule has 4 nitrogen and oxygen atoms in total. The summed E-state index contributed by atoms with van der Waals surface area (Å²) in [6, 6.07) is 4.33. The molecule has 3 heterocycles. The number of nitrogens with zero attached hydrogens (tertiary/aromatic N) is 1. The number of ether oxygens (including phenoxy) is 1. The Morgan fingerprint density at radius 1 is 1.53 bits per heavy atom. The van der Waals surface area contributed by atoms with Gasteiger partial charge in [-0.15, -0.1) is 0 Å². The Labute approximate surface area is 101 Å². The fourth-order valence-electron chi connectivity index (χ4n) is 2.84. The third kappa shape index (κ3) is 2.39. The van der Waals surface area contributed by atoms with Gasteiger partial charge in [-0.1, -0.05) is 0 Å². The minimum atomic E-state index is -0.470. The molecule has 0 aromatic carbocycles. The standard InChI is InChI=1S/C13H19NO3/c15-12(7-11-4-2-6-16-11)13-8-14-5-1-3-10(14)9-17-13/h2,4,6,10,12-13,15H,1,3,5,7-9H2. The summed E-state index contributed by atoms with van der Waals surface area (Å²) in [6.07, 6.45) is 4.13. The number of aliphatic hydroxyl groups is 1. The van der Waals surface area contributed by atoms with Gasteiger partial charge in [0, 0.05) is 19.0 Å². The average Bonchev–Trinajstić information content (AvgIpc) is 2.97. The van der Waals surface area contributed by atoms with Crippen molar-refractivity contribution in [1.82, 2.24) is 4.90 Å². The molecule has 0 bridgehead atoms. The van der Waals surface area contributed by atoms with Gasteiger partial charge in [0.15, 0.2) is 0 Å². The minimum absolute atomic E-state index is 0.0746. The molecule has 0 saturated carbocycles. The van der Waals surface area contributed by atoms with E-state index in [1.807, 2.05) is 12.1 Å².